The van der Waals surface area contributed by atoms with Crippen LogP contribution in [-0.2, 0) is 6.42 Å². The monoisotopic (exact) mass is 304 g/mol. The van der Waals surface area contributed by atoms with Gasteiger partial charge in [-0.15, -0.1) is 11.3 Å². The fourth-order valence-electron chi connectivity index (χ4n) is 2.08. The Kier molecular flexibility index (Phi) is 3.74. The highest BCUT2D eigenvalue weighted by Gasteiger charge is 2.17. The number of thiazole rings is 1. The van der Waals surface area contributed by atoms with E-state index in [1.807, 2.05) is 29.1 Å². The van der Waals surface area contributed by atoms with Gasteiger partial charge in [0.1, 0.15) is 5.76 Å². The van der Waals surface area contributed by atoms with E-state index in [0.717, 1.165) is 29.3 Å². The van der Waals surface area contributed by atoms with Crippen molar-refractivity contribution in [2.75, 3.05) is 0 Å². The van der Waals surface area contributed by atoms with Crippen molar-refractivity contribution < 1.29 is 9.32 Å². The number of fused-ring (bicyclic) bond motifs is 1. The number of carbonyl (C=O) groups excluding carboxylic acids is 1. The minimum absolute atomic E-state index is 0.184. The van der Waals surface area contributed by atoms with Crippen molar-refractivity contribution in [3.05, 3.63) is 41.0 Å². The zero-order valence-corrected chi connectivity index (χ0v) is 12.7. The SMILES string of the molecule is CCCc1cc(C(=O)N[C@@H](C)c2cn3ccsc3n2)no1. The Morgan fingerprint density at radius 2 is 2.43 bits per heavy atom. The van der Waals surface area contributed by atoms with Crippen molar-refractivity contribution in [3.63, 3.8) is 0 Å². The van der Waals surface area contributed by atoms with Crippen LogP contribution in [0.2, 0.25) is 0 Å². The molecule has 0 unspecified atom stereocenters. The molecule has 0 fully saturated rings. The lowest BCUT2D eigenvalue weighted by Gasteiger charge is -2.09. The molecule has 6 nitrogen and oxygen atoms in total. The smallest absolute Gasteiger partial charge is 0.273 e. The highest BCUT2D eigenvalue weighted by atomic mass is 32.1. The van der Waals surface area contributed by atoms with Crippen molar-refractivity contribution >= 4 is 22.2 Å². The zero-order chi connectivity index (χ0) is 14.8. The van der Waals surface area contributed by atoms with Gasteiger partial charge in [-0.2, -0.15) is 0 Å². The number of imidazole rings is 1. The van der Waals surface area contributed by atoms with Gasteiger partial charge in [0.05, 0.1) is 11.7 Å². The molecule has 0 spiro atoms. The molecule has 0 bridgehead atoms. The Balaban J connectivity index is 1.69. The fraction of sp³-hybridized carbons (Fsp3) is 0.357. The molecule has 0 aliphatic heterocycles. The standard InChI is InChI=1S/C14H16N4O2S/c1-3-4-10-7-11(17-20-10)13(19)15-9(2)12-8-18-5-6-21-14(18)16-12/h5-9H,3-4H2,1-2H3,(H,15,19)/t9-/m0/s1. The number of aryl methyl sites for hydroxylation is 1. The molecule has 7 heteroatoms. The molecule has 0 aliphatic carbocycles. The average Bonchev–Trinajstić information content (AvgIpc) is 3.13. The van der Waals surface area contributed by atoms with Crippen molar-refractivity contribution in [3.8, 4) is 0 Å². The molecular weight excluding hydrogens is 288 g/mol. The van der Waals surface area contributed by atoms with Gasteiger partial charge in [0.15, 0.2) is 10.7 Å². The number of hydrogen-bond donors (Lipinski definition) is 1. The van der Waals surface area contributed by atoms with E-state index in [0.29, 0.717) is 5.69 Å². The predicted molar refractivity (Wildman–Crippen MR) is 79.4 cm³/mol. The molecule has 3 aromatic heterocycles. The Labute approximate surface area is 125 Å². The molecule has 1 atom stereocenters. The van der Waals surface area contributed by atoms with E-state index in [4.69, 9.17) is 4.52 Å². The van der Waals surface area contributed by atoms with Crippen LogP contribution in [0, 0.1) is 0 Å². The highest BCUT2D eigenvalue weighted by molar-refractivity contribution is 7.15. The van der Waals surface area contributed by atoms with E-state index in [-0.39, 0.29) is 11.9 Å². The summed E-state index contributed by atoms with van der Waals surface area (Å²) in [6, 6.07) is 1.51. The lowest BCUT2D eigenvalue weighted by Crippen LogP contribution is -2.27. The summed E-state index contributed by atoms with van der Waals surface area (Å²) in [5.74, 6) is 0.489. The molecule has 3 rings (SSSR count). The van der Waals surface area contributed by atoms with Crippen LogP contribution >= 0.6 is 11.3 Å². The third kappa shape index (κ3) is 2.82. The molecule has 21 heavy (non-hydrogen) atoms. The Hall–Kier alpha value is -2.15. The van der Waals surface area contributed by atoms with Gasteiger partial charge in [-0.05, 0) is 13.3 Å². The number of carbonyl (C=O) groups is 1. The molecule has 0 saturated heterocycles. The van der Waals surface area contributed by atoms with Crippen molar-refractivity contribution in [2.45, 2.75) is 32.7 Å². The zero-order valence-electron chi connectivity index (χ0n) is 11.9. The molecule has 0 saturated carbocycles. The maximum Gasteiger partial charge on any atom is 0.273 e. The second-order valence-corrected chi connectivity index (χ2v) is 5.76. The number of amides is 1. The van der Waals surface area contributed by atoms with E-state index in [2.05, 4.69) is 22.4 Å². The second-order valence-electron chi connectivity index (χ2n) is 4.88. The molecule has 3 aromatic rings. The predicted octanol–water partition coefficient (Wildman–Crippen LogP) is 2.83. The summed E-state index contributed by atoms with van der Waals surface area (Å²) in [6.45, 7) is 3.95. The van der Waals surface area contributed by atoms with Crippen LogP contribution in [0.1, 0.15) is 48.3 Å². The quantitative estimate of drug-likeness (QED) is 0.786. The van der Waals surface area contributed by atoms with E-state index in [1.165, 1.54) is 0 Å². The van der Waals surface area contributed by atoms with Gasteiger partial charge in [0, 0.05) is 30.3 Å². The molecule has 110 valence electrons. The first-order chi connectivity index (χ1) is 10.2. The van der Waals surface area contributed by atoms with Crippen LogP contribution in [0.4, 0.5) is 0 Å². The summed E-state index contributed by atoms with van der Waals surface area (Å²) >= 11 is 1.56. The molecular formula is C14H16N4O2S. The van der Waals surface area contributed by atoms with Crippen LogP contribution in [0.25, 0.3) is 4.96 Å². The minimum Gasteiger partial charge on any atom is -0.361 e. The first-order valence-electron chi connectivity index (χ1n) is 6.86. The number of nitrogens with zero attached hydrogens (tertiary/aromatic N) is 3. The summed E-state index contributed by atoms with van der Waals surface area (Å²) in [5, 5.41) is 8.66. The highest BCUT2D eigenvalue weighted by Crippen LogP contribution is 2.17. The number of nitrogens with one attached hydrogen (secondary N) is 1. The van der Waals surface area contributed by atoms with Gasteiger partial charge in [-0.25, -0.2) is 4.98 Å². The largest absolute Gasteiger partial charge is 0.361 e. The number of hydrogen-bond acceptors (Lipinski definition) is 5. The van der Waals surface area contributed by atoms with E-state index >= 15 is 0 Å². The maximum atomic E-state index is 12.1. The lowest BCUT2D eigenvalue weighted by molar-refractivity contribution is 0.0930. The lowest BCUT2D eigenvalue weighted by atomic mass is 10.2. The van der Waals surface area contributed by atoms with Gasteiger partial charge in [-0.1, -0.05) is 12.1 Å². The Bertz CT molecular complexity index is 729. The maximum absolute atomic E-state index is 12.1. The molecule has 1 amide bonds. The van der Waals surface area contributed by atoms with Crippen LogP contribution in [0.3, 0.4) is 0 Å². The fourth-order valence-corrected chi connectivity index (χ4v) is 2.79. The number of rotatable bonds is 5. The summed E-state index contributed by atoms with van der Waals surface area (Å²) in [5.41, 5.74) is 1.14. The van der Waals surface area contributed by atoms with Crippen molar-refractivity contribution in [1.82, 2.24) is 19.9 Å². The van der Waals surface area contributed by atoms with Crippen molar-refractivity contribution in [1.29, 1.82) is 0 Å². The molecule has 3 heterocycles. The minimum atomic E-state index is -0.245. The first-order valence-corrected chi connectivity index (χ1v) is 7.74. The van der Waals surface area contributed by atoms with Crippen molar-refractivity contribution in [2.24, 2.45) is 0 Å². The summed E-state index contributed by atoms with van der Waals surface area (Å²) < 4.78 is 7.06. The first kappa shape index (κ1) is 13.8. The van der Waals surface area contributed by atoms with E-state index in [1.54, 1.807) is 17.4 Å². The normalized spacial score (nSPS) is 12.7. The van der Waals surface area contributed by atoms with Gasteiger partial charge >= 0.3 is 0 Å². The second kappa shape index (κ2) is 5.69. The van der Waals surface area contributed by atoms with Gasteiger partial charge in [0.2, 0.25) is 0 Å². The van der Waals surface area contributed by atoms with Crippen LogP contribution in [-0.4, -0.2) is 20.4 Å². The summed E-state index contributed by atoms with van der Waals surface area (Å²) in [7, 11) is 0. The molecule has 0 radical (unpaired) electrons. The summed E-state index contributed by atoms with van der Waals surface area (Å²) in [6.07, 6.45) is 5.60. The average molecular weight is 304 g/mol. The van der Waals surface area contributed by atoms with E-state index < -0.39 is 0 Å². The molecule has 0 aromatic carbocycles. The topological polar surface area (TPSA) is 72.4 Å². The van der Waals surface area contributed by atoms with E-state index in [9.17, 15) is 4.79 Å². The summed E-state index contributed by atoms with van der Waals surface area (Å²) in [4.78, 5) is 17.5. The Morgan fingerprint density at radius 1 is 1.57 bits per heavy atom. The van der Waals surface area contributed by atoms with Crippen LogP contribution in [0.5, 0.6) is 0 Å². The number of aromatic nitrogens is 3. The van der Waals surface area contributed by atoms with Gasteiger partial charge in [0.25, 0.3) is 5.91 Å². The van der Waals surface area contributed by atoms with Gasteiger partial charge < -0.3 is 9.84 Å². The third-order valence-corrected chi connectivity index (χ3v) is 3.96. The molecule has 1 N–H and O–H groups in total. The Morgan fingerprint density at radius 3 is 3.19 bits per heavy atom. The molecule has 0 aliphatic rings. The van der Waals surface area contributed by atoms with Crippen LogP contribution < -0.4 is 5.32 Å². The third-order valence-electron chi connectivity index (χ3n) is 3.19. The van der Waals surface area contributed by atoms with Gasteiger partial charge in [-0.3, -0.25) is 9.20 Å². The van der Waals surface area contributed by atoms with Crippen LogP contribution in [0.15, 0.2) is 28.4 Å².